The minimum Gasteiger partial charge on any atom is -0.366 e. The number of piperidine rings is 1. The van der Waals surface area contributed by atoms with Crippen molar-refractivity contribution in [2.24, 2.45) is 0 Å². The van der Waals surface area contributed by atoms with Gasteiger partial charge < -0.3 is 10.2 Å². The minimum atomic E-state index is 0.110. The highest BCUT2D eigenvalue weighted by Crippen LogP contribution is 2.35. The second-order valence-electron chi connectivity index (χ2n) is 7.48. The molecule has 4 nitrogen and oxygen atoms in total. The monoisotopic (exact) mass is 369 g/mol. The Morgan fingerprint density at radius 2 is 1.96 bits per heavy atom. The summed E-state index contributed by atoms with van der Waals surface area (Å²) in [7, 11) is 2.12. The molecule has 1 saturated heterocycles. The maximum Gasteiger partial charge on any atom is 0.261 e. The van der Waals surface area contributed by atoms with E-state index in [2.05, 4.69) is 58.6 Å². The van der Waals surface area contributed by atoms with Crippen LogP contribution in [0.4, 0.5) is 5.00 Å². The van der Waals surface area contributed by atoms with Crippen molar-refractivity contribution >= 4 is 22.2 Å². The van der Waals surface area contributed by atoms with Crippen molar-refractivity contribution in [3.63, 3.8) is 0 Å². The Hall–Kier alpha value is -1.85. The van der Waals surface area contributed by atoms with Gasteiger partial charge >= 0.3 is 0 Å². The van der Waals surface area contributed by atoms with Crippen LogP contribution in [0.25, 0.3) is 0 Å². The number of nitrogens with one attached hydrogen (secondary N) is 1. The molecular formula is C21H27N3OS. The molecule has 1 amide bonds. The first-order valence-corrected chi connectivity index (χ1v) is 10.4. The Bertz CT molecular complexity index is 750. The lowest BCUT2D eigenvalue weighted by atomic mass is 10.0. The number of rotatable bonds is 4. The molecule has 0 spiro atoms. The third-order valence-electron chi connectivity index (χ3n) is 5.47. The summed E-state index contributed by atoms with van der Waals surface area (Å²) in [5.41, 5.74) is 2.70. The minimum absolute atomic E-state index is 0.110. The second-order valence-corrected chi connectivity index (χ2v) is 8.51. The molecule has 0 saturated carbocycles. The average molecular weight is 370 g/mol. The lowest BCUT2D eigenvalue weighted by Crippen LogP contribution is -2.44. The summed E-state index contributed by atoms with van der Waals surface area (Å²) >= 11 is 1.65. The van der Waals surface area contributed by atoms with Gasteiger partial charge in [0.2, 0.25) is 0 Å². The van der Waals surface area contributed by atoms with E-state index in [0.29, 0.717) is 6.04 Å². The summed E-state index contributed by atoms with van der Waals surface area (Å²) in [5.74, 6) is 0.110. The van der Waals surface area contributed by atoms with Crippen LogP contribution in [0.2, 0.25) is 0 Å². The average Bonchev–Trinajstić information content (AvgIpc) is 3.10. The highest BCUT2D eigenvalue weighted by molar-refractivity contribution is 7.18. The van der Waals surface area contributed by atoms with Crippen LogP contribution < -0.4 is 10.2 Å². The Balaban J connectivity index is 1.30. The number of amides is 1. The zero-order valence-electron chi connectivity index (χ0n) is 15.4. The van der Waals surface area contributed by atoms with Crippen molar-refractivity contribution in [2.45, 2.75) is 38.3 Å². The van der Waals surface area contributed by atoms with Crippen LogP contribution >= 0.6 is 11.3 Å². The van der Waals surface area contributed by atoms with Crippen molar-refractivity contribution in [1.29, 1.82) is 0 Å². The molecule has 2 aliphatic rings. The summed E-state index contributed by atoms with van der Waals surface area (Å²) in [6, 6.07) is 13.0. The van der Waals surface area contributed by atoms with Gasteiger partial charge in [0.25, 0.3) is 5.91 Å². The number of anilines is 1. The van der Waals surface area contributed by atoms with E-state index in [4.69, 9.17) is 0 Å². The molecule has 0 bridgehead atoms. The number of aryl methyl sites for hydroxylation is 1. The molecule has 1 aromatic heterocycles. The second kappa shape index (κ2) is 7.80. The molecule has 2 aromatic rings. The molecular weight excluding hydrogens is 342 g/mol. The van der Waals surface area contributed by atoms with E-state index in [1.54, 1.807) is 11.3 Å². The SMILES string of the molecule is CN1CCCc2cc(C(=O)NC3CCN(Cc4ccccc4)CC3)sc21. The standard InChI is InChI=1S/C21H27N3OS/c1-23-11-5-8-17-14-19(26-21(17)23)20(25)22-18-9-12-24(13-10-18)15-16-6-3-2-4-7-16/h2-4,6-7,14,18H,5,8-13,15H2,1H3,(H,22,25). The molecule has 0 atom stereocenters. The van der Waals surface area contributed by atoms with Crippen LogP contribution in [-0.4, -0.2) is 43.5 Å². The van der Waals surface area contributed by atoms with Gasteiger partial charge in [0, 0.05) is 39.3 Å². The number of likely N-dealkylation sites (tertiary alicyclic amines) is 1. The van der Waals surface area contributed by atoms with Crippen molar-refractivity contribution in [1.82, 2.24) is 10.2 Å². The van der Waals surface area contributed by atoms with E-state index in [0.717, 1.165) is 50.3 Å². The zero-order valence-corrected chi connectivity index (χ0v) is 16.2. The molecule has 0 aliphatic carbocycles. The van der Waals surface area contributed by atoms with Crippen LogP contribution in [0.3, 0.4) is 0 Å². The maximum absolute atomic E-state index is 12.7. The first-order valence-electron chi connectivity index (χ1n) is 9.60. The number of carbonyl (C=O) groups excluding carboxylic acids is 1. The quantitative estimate of drug-likeness (QED) is 0.896. The molecule has 138 valence electrons. The van der Waals surface area contributed by atoms with Gasteiger partial charge in [-0.15, -0.1) is 11.3 Å². The number of carbonyl (C=O) groups is 1. The third kappa shape index (κ3) is 3.94. The van der Waals surface area contributed by atoms with Gasteiger partial charge in [-0.3, -0.25) is 9.69 Å². The number of fused-ring (bicyclic) bond motifs is 1. The normalized spacial score (nSPS) is 18.6. The van der Waals surface area contributed by atoms with Crippen LogP contribution in [0.1, 0.15) is 40.1 Å². The van der Waals surface area contributed by atoms with Crippen LogP contribution in [0, 0.1) is 0 Å². The lowest BCUT2D eigenvalue weighted by molar-refractivity contribution is 0.0913. The van der Waals surface area contributed by atoms with Crippen molar-refractivity contribution < 1.29 is 4.79 Å². The van der Waals surface area contributed by atoms with Gasteiger partial charge in [-0.2, -0.15) is 0 Å². The van der Waals surface area contributed by atoms with Crippen molar-refractivity contribution in [3.8, 4) is 0 Å². The Labute approximate surface area is 159 Å². The van der Waals surface area contributed by atoms with Gasteiger partial charge in [0.05, 0.1) is 9.88 Å². The molecule has 5 heteroatoms. The largest absolute Gasteiger partial charge is 0.366 e. The molecule has 1 fully saturated rings. The molecule has 3 heterocycles. The predicted octanol–water partition coefficient (Wildman–Crippen LogP) is 3.52. The summed E-state index contributed by atoms with van der Waals surface area (Å²) in [4.78, 5) is 18.3. The van der Waals surface area contributed by atoms with E-state index in [1.807, 2.05) is 0 Å². The summed E-state index contributed by atoms with van der Waals surface area (Å²) < 4.78 is 0. The smallest absolute Gasteiger partial charge is 0.261 e. The number of nitrogens with zero attached hydrogens (tertiary/aromatic N) is 2. The lowest BCUT2D eigenvalue weighted by Gasteiger charge is -2.32. The number of hydrogen-bond acceptors (Lipinski definition) is 4. The summed E-state index contributed by atoms with van der Waals surface area (Å²) in [5, 5.41) is 4.55. The fourth-order valence-corrected chi connectivity index (χ4v) is 5.08. The Morgan fingerprint density at radius 1 is 1.19 bits per heavy atom. The van der Waals surface area contributed by atoms with E-state index in [9.17, 15) is 4.79 Å². The molecule has 2 aliphatic heterocycles. The van der Waals surface area contributed by atoms with Crippen LogP contribution in [0.5, 0.6) is 0 Å². The molecule has 0 radical (unpaired) electrons. The van der Waals surface area contributed by atoms with Gasteiger partial charge in [-0.25, -0.2) is 0 Å². The zero-order chi connectivity index (χ0) is 17.9. The van der Waals surface area contributed by atoms with Crippen LogP contribution in [0.15, 0.2) is 36.4 Å². The molecule has 0 unspecified atom stereocenters. The molecule has 1 aromatic carbocycles. The Morgan fingerprint density at radius 3 is 2.69 bits per heavy atom. The molecule has 26 heavy (non-hydrogen) atoms. The highest BCUT2D eigenvalue weighted by atomic mass is 32.1. The van der Waals surface area contributed by atoms with Gasteiger partial charge in [0.1, 0.15) is 0 Å². The van der Waals surface area contributed by atoms with Gasteiger partial charge in [0.15, 0.2) is 0 Å². The van der Waals surface area contributed by atoms with Gasteiger partial charge in [-0.1, -0.05) is 30.3 Å². The summed E-state index contributed by atoms with van der Waals surface area (Å²) in [6.07, 6.45) is 4.34. The molecule has 1 N–H and O–H groups in total. The third-order valence-corrected chi connectivity index (χ3v) is 6.76. The summed E-state index contributed by atoms with van der Waals surface area (Å²) in [6.45, 7) is 4.19. The van der Waals surface area contributed by atoms with Crippen LogP contribution in [-0.2, 0) is 13.0 Å². The first-order chi connectivity index (χ1) is 12.7. The van der Waals surface area contributed by atoms with Crippen molar-refractivity contribution in [2.75, 3.05) is 31.6 Å². The van der Waals surface area contributed by atoms with Crippen molar-refractivity contribution in [3.05, 3.63) is 52.4 Å². The van der Waals surface area contributed by atoms with Gasteiger partial charge in [-0.05, 0) is 42.9 Å². The fraction of sp³-hybridized carbons (Fsp3) is 0.476. The van der Waals surface area contributed by atoms with E-state index < -0.39 is 0 Å². The van der Waals surface area contributed by atoms with E-state index in [1.165, 1.54) is 22.5 Å². The molecule has 4 rings (SSSR count). The van der Waals surface area contributed by atoms with E-state index in [-0.39, 0.29) is 5.91 Å². The number of benzene rings is 1. The number of hydrogen-bond donors (Lipinski definition) is 1. The fourth-order valence-electron chi connectivity index (χ4n) is 3.97. The number of thiophene rings is 1. The Kier molecular flexibility index (Phi) is 5.27. The van der Waals surface area contributed by atoms with E-state index >= 15 is 0 Å². The maximum atomic E-state index is 12.7. The topological polar surface area (TPSA) is 35.6 Å². The highest BCUT2D eigenvalue weighted by Gasteiger charge is 2.24. The first kappa shape index (κ1) is 17.6. The predicted molar refractivity (Wildman–Crippen MR) is 108 cm³/mol.